The molecule has 0 unspecified atom stereocenters. The van der Waals surface area contributed by atoms with Crippen LogP contribution in [0.25, 0.3) is 11.3 Å². The lowest BCUT2D eigenvalue weighted by Gasteiger charge is -2.24. The van der Waals surface area contributed by atoms with Crippen LogP contribution in [0.5, 0.6) is 0 Å². The number of nitrogens with one attached hydrogen (secondary N) is 1. The monoisotopic (exact) mass is 425 g/mol. The molecule has 1 heterocycles. The molecule has 1 aromatic carbocycles. The van der Waals surface area contributed by atoms with Crippen molar-refractivity contribution >= 4 is 18.0 Å². The largest absolute Gasteiger partial charge is 0.396 e. The Kier molecular flexibility index (Phi) is 9.19. The number of pyridine rings is 1. The molecule has 0 aliphatic rings. The minimum Gasteiger partial charge on any atom is -0.396 e. The third-order valence-electron chi connectivity index (χ3n) is 5.42. The lowest BCUT2D eigenvalue weighted by Crippen LogP contribution is -2.30. The fourth-order valence-electron chi connectivity index (χ4n) is 3.69. The van der Waals surface area contributed by atoms with Gasteiger partial charge in [-0.05, 0) is 42.2 Å². The number of carbonyl (C=O) groups excluding carboxylic acids is 2. The van der Waals surface area contributed by atoms with Crippen LogP contribution in [-0.4, -0.2) is 47.5 Å². The van der Waals surface area contributed by atoms with E-state index >= 15 is 0 Å². The van der Waals surface area contributed by atoms with Crippen LogP contribution in [0, 0.1) is 5.92 Å². The molecule has 0 spiro atoms. The summed E-state index contributed by atoms with van der Waals surface area (Å²) in [5, 5.41) is 11.8. The number of rotatable bonds is 11. The summed E-state index contributed by atoms with van der Waals surface area (Å²) in [5.41, 5.74) is 4.73. The molecule has 1 aromatic heterocycles. The number of nitrogens with zero attached hydrogens (tertiary/aromatic N) is 2. The maximum atomic E-state index is 13.5. The van der Waals surface area contributed by atoms with E-state index in [1.807, 2.05) is 18.2 Å². The summed E-state index contributed by atoms with van der Waals surface area (Å²) < 4.78 is 0. The molecule has 2 N–H and O–H groups in total. The van der Waals surface area contributed by atoms with Gasteiger partial charge in [0.05, 0.1) is 23.1 Å². The smallest absolute Gasteiger partial charge is 0.256 e. The summed E-state index contributed by atoms with van der Waals surface area (Å²) in [6.07, 6.45) is 4.22. The zero-order valence-electron chi connectivity index (χ0n) is 19.3. The molecule has 0 aliphatic heterocycles. The number of anilines is 1. The first-order valence-electron chi connectivity index (χ1n) is 11.0. The van der Waals surface area contributed by atoms with Gasteiger partial charge >= 0.3 is 0 Å². The molecule has 0 atom stereocenters. The van der Waals surface area contributed by atoms with Gasteiger partial charge in [-0.1, -0.05) is 52.0 Å². The second kappa shape index (κ2) is 11.6. The van der Waals surface area contributed by atoms with Gasteiger partial charge in [-0.25, -0.2) is 0 Å². The van der Waals surface area contributed by atoms with Crippen LogP contribution in [0.1, 0.15) is 67.9 Å². The normalized spacial score (nSPS) is 11.1. The van der Waals surface area contributed by atoms with Gasteiger partial charge in [0.15, 0.2) is 0 Å². The van der Waals surface area contributed by atoms with Crippen molar-refractivity contribution in [1.82, 2.24) is 9.88 Å². The molecule has 0 radical (unpaired) electrons. The van der Waals surface area contributed by atoms with Crippen molar-refractivity contribution in [3.63, 3.8) is 0 Å². The van der Waals surface area contributed by atoms with Crippen molar-refractivity contribution in [3.8, 4) is 11.3 Å². The van der Waals surface area contributed by atoms with Gasteiger partial charge in [0, 0.05) is 25.8 Å². The Morgan fingerprint density at radius 3 is 2.55 bits per heavy atom. The Balaban J connectivity index is 2.74. The predicted octanol–water partition coefficient (Wildman–Crippen LogP) is 4.48. The SMILES string of the molecule is CC(C)CCc1c(-c2ccccc2C(C)C)ncc(NC=O)c1C(=O)N(C)CCCO. The Morgan fingerprint density at radius 2 is 1.94 bits per heavy atom. The molecule has 31 heavy (non-hydrogen) atoms. The highest BCUT2D eigenvalue weighted by Crippen LogP contribution is 2.35. The minimum absolute atomic E-state index is 0.0145. The van der Waals surface area contributed by atoms with Gasteiger partial charge in [-0.3, -0.25) is 14.6 Å². The molecule has 2 amide bonds. The summed E-state index contributed by atoms with van der Waals surface area (Å²) >= 11 is 0. The molecule has 0 saturated carbocycles. The number of aliphatic hydroxyl groups excluding tert-OH is 1. The number of hydrogen-bond donors (Lipinski definition) is 2. The number of carbonyl (C=O) groups is 2. The van der Waals surface area contributed by atoms with Crippen LogP contribution in [0.4, 0.5) is 5.69 Å². The molecule has 0 fully saturated rings. The van der Waals surface area contributed by atoms with E-state index in [0.717, 1.165) is 23.2 Å². The number of aromatic nitrogens is 1. The third kappa shape index (κ3) is 6.14. The van der Waals surface area contributed by atoms with E-state index in [1.54, 1.807) is 18.1 Å². The van der Waals surface area contributed by atoms with Gasteiger partial charge in [-0.2, -0.15) is 0 Å². The molecular weight excluding hydrogens is 390 g/mol. The number of benzene rings is 1. The van der Waals surface area contributed by atoms with Crippen molar-refractivity contribution < 1.29 is 14.7 Å². The van der Waals surface area contributed by atoms with Crippen molar-refractivity contribution in [3.05, 3.63) is 47.2 Å². The van der Waals surface area contributed by atoms with E-state index in [-0.39, 0.29) is 12.5 Å². The van der Waals surface area contributed by atoms with Crippen molar-refractivity contribution in [2.45, 2.75) is 52.9 Å². The second-order valence-corrected chi connectivity index (χ2v) is 8.61. The highest BCUT2D eigenvalue weighted by atomic mass is 16.3. The van der Waals surface area contributed by atoms with Crippen molar-refractivity contribution in [2.24, 2.45) is 5.92 Å². The van der Waals surface area contributed by atoms with Gasteiger partial charge in [0.25, 0.3) is 5.91 Å². The molecule has 6 nitrogen and oxygen atoms in total. The summed E-state index contributed by atoms with van der Waals surface area (Å²) in [6, 6.07) is 8.15. The maximum Gasteiger partial charge on any atom is 0.256 e. The van der Waals surface area contributed by atoms with Crippen LogP contribution in [0.2, 0.25) is 0 Å². The van der Waals surface area contributed by atoms with Gasteiger partial charge in [0.1, 0.15) is 0 Å². The van der Waals surface area contributed by atoms with Crippen LogP contribution in [0.3, 0.4) is 0 Å². The Bertz CT molecular complexity index is 894. The number of aliphatic hydroxyl groups is 1. The van der Waals surface area contributed by atoms with Crippen LogP contribution >= 0.6 is 0 Å². The third-order valence-corrected chi connectivity index (χ3v) is 5.42. The zero-order chi connectivity index (χ0) is 23.0. The minimum atomic E-state index is -0.178. The first-order chi connectivity index (χ1) is 14.8. The first-order valence-corrected chi connectivity index (χ1v) is 11.0. The molecule has 0 aliphatic carbocycles. The number of amides is 2. The molecule has 0 saturated heterocycles. The highest BCUT2D eigenvalue weighted by Gasteiger charge is 2.25. The molecule has 6 heteroatoms. The van der Waals surface area contributed by atoms with E-state index in [1.165, 1.54) is 5.56 Å². The molecule has 168 valence electrons. The lowest BCUT2D eigenvalue weighted by atomic mass is 9.88. The van der Waals surface area contributed by atoms with E-state index in [9.17, 15) is 14.7 Å². The summed E-state index contributed by atoms with van der Waals surface area (Å²) in [4.78, 5) is 31.1. The summed E-state index contributed by atoms with van der Waals surface area (Å²) in [6.45, 7) is 9.03. The van der Waals surface area contributed by atoms with Crippen LogP contribution in [-0.2, 0) is 11.2 Å². The summed E-state index contributed by atoms with van der Waals surface area (Å²) in [7, 11) is 1.72. The number of hydrogen-bond acceptors (Lipinski definition) is 4. The van der Waals surface area contributed by atoms with Gasteiger partial charge < -0.3 is 15.3 Å². The fraction of sp³-hybridized carbons (Fsp3) is 0.480. The van der Waals surface area contributed by atoms with Gasteiger partial charge in [-0.15, -0.1) is 0 Å². The molecule has 2 aromatic rings. The van der Waals surface area contributed by atoms with Crippen molar-refractivity contribution in [1.29, 1.82) is 0 Å². The van der Waals surface area contributed by atoms with Crippen LogP contribution < -0.4 is 5.32 Å². The Hall–Kier alpha value is -2.73. The average molecular weight is 426 g/mol. The topological polar surface area (TPSA) is 82.5 Å². The highest BCUT2D eigenvalue weighted by molar-refractivity contribution is 6.03. The van der Waals surface area contributed by atoms with Crippen LogP contribution in [0.15, 0.2) is 30.5 Å². The van der Waals surface area contributed by atoms with E-state index < -0.39 is 0 Å². The van der Waals surface area contributed by atoms with E-state index in [4.69, 9.17) is 4.98 Å². The van der Waals surface area contributed by atoms with E-state index in [0.29, 0.717) is 48.9 Å². The van der Waals surface area contributed by atoms with Gasteiger partial charge in [0.2, 0.25) is 6.41 Å². The average Bonchev–Trinajstić information content (AvgIpc) is 2.75. The predicted molar refractivity (Wildman–Crippen MR) is 125 cm³/mol. The Morgan fingerprint density at radius 1 is 1.23 bits per heavy atom. The fourth-order valence-corrected chi connectivity index (χ4v) is 3.69. The maximum absolute atomic E-state index is 13.5. The molecule has 0 bridgehead atoms. The van der Waals surface area contributed by atoms with E-state index in [2.05, 4.69) is 39.1 Å². The standard InChI is InChI=1S/C25H35N3O3/c1-17(2)11-12-21-23(25(31)28(5)13-8-14-29)22(27-16-30)15-26-24(21)20-10-7-6-9-19(20)18(3)4/h6-7,9-10,15-18,29H,8,11-14H2,1-5H3,(H,27,30). The first kappa shape index (κ1) is 24.5. The quantitative estimate of drug-likeness (QED) is 0.520. The zero-order valence-corrected chi connectivity index (χ0v) is 19.3. The lowest BCUT2D eigenvalue weighted by molar-refractivity contribution is -0.105. The van der Waals surface area contributed by atoms with Crippen molar-refractivity contribution in [2.75, 3.05) is 25.5 Å². The second-order valence-electron chi connectivity index (χ2n) is 8.61. The molecular formula is C25H35N3O3. The Labute approximate surface area is 185 Å². The summed E-state index contributed by atoms with van der Waals surface area (Å²) in [5.74, 6) is 0.572. The molecule has 2 rings (SSSR count).